The highest BCUT2D eigenvalue weighted by molar-refractivity contribution is 7.80. The van der Waals surface area contributed by atoms with Crippen LogP contribution in [0.2, 0.25) is 0 Å². The van der Waals surface area contributed by atoms with Gasteiger partial charge < -0.3 is 20.4 Å². The van der Waals surface area contributed by atoms with Crippen LogP contribution in [0.4, 0.5) is 17.1 Å². The van der Waals surface area contributed by atoms with Crippen molar-refractivity contribution in [1.82, 2.24) is 0 Å². The second kappa shape index (κ2) is 7.37. The summed E-state index contributed by atoms with van der Waals surface area (Å²) in [5.74, 6) is -0.124. The maximum absolute atomic E-state index is 11.5. The minimum absolute atomic E-state index is 0.124. The Morgan fingerprint density at radius 2 is 1.50 bits per heavy atom. The van der Waals surface area contributed by atoms with E-state index in [-0.39, 0.29) is 11.5 Å². The number of rotatable bonds is 3. The molecule has 1 aromatic heterocycles. The Hall–Kier alpha value is -3.19. The van der Waals surface area contributed by atoms with E-state index in [1.54, 1.807) is 18.2 Å². The van der Waals surface area contributed by atoms with Crippen molar-refractivity contribution < 1.29 is 9.21 Å². The van der Waals surface area contributed by atoms with Gasteiger partial charge in [-0.15, -0.1) is 0 Å². The number of hydrogen-bond donors (Lipinski definition) is 3. The van der Waals surface area contributed by atoms with Crippen LogP contribution in [-0.4, -0.2) is 11.0 Å². The predicted octanol–water partition coefficient (Wildman–Crippen LogP) is 3.87. The van der Waals surface area contributed by atoms with Gasteiger partial charge in [0.15, 0.2) is 5.11 Å². The topological polar surface area (TPSA) is 83.4 Å². The standard InChI is InChI=1S/C19H17N3O3S/c1-11-9-18(24)25-17-10-15(7-8-16(11)17)22-19(26)21-14-5-3-13(4-6-14)20-12(2)23/h3-10H,1-2H3,(H,20,23)(H2,21,22,26). The Kier molecular flexibility index (Phi) is 4.99. The number of fused-ring (bicyclic) bond motifs is 1. The molecule has 0 aliphatic rings. The zero-order valence-corrected chi connectivity index (χ0v) is 15.1. The fourth-order valence-electron chi connectivity index (χ4n) is 2.54. The summed E-state index contributed by atoms with van der Waals surface area (Å²) in [4.78, 5) is 22.6. The molecule has 6 nitrogen and oxygen atoms in total. The number of aryl methyl sites for hydroxylation is 1. The van der Waals surface area contributed by atoms with Crippen LogP contribution < -0.4 is 21.6 Å². The van der Waals surface area contributed by atoms with Gasteiger partial charge >= 0.3 is 5.63 Å². The van der Waals surface area contributed by atoms with E-state index in [4.69, 9.17) is 16.6 Å². The summed E-state index contributed by atoms with van der Waals surface area (Å²) < 4.78 is 5.23. The zero-order chi connectivity index (χ0) is 18.7. The van der Waals surface area contributed by atoms with Crippen LogP contribution in [0.3, 0.4) is 0 Å². The zero-order valence-electron chi connectivity index (χ0n) is 14.3. The van der Waals surface area contributed by atoms with Gasteiger partial charge in [0.05, 0.1) is 0 Å². The summed E-state index contributed by atoms with van der Waals surface area (Å²) in [6, 6.07) is 14.1. The lowest BCUT2D eigenvalue weighted by molar-refractivity contribution is -0.114. The maximum Gasteiger partial charge on any atom is 0.336 e. The first-order valence-electron chi connectivity index (χ1n) is 7.91. The number of amides is 1. The SMILES string of the molecule is CC(=O)Nc1ccc(NC(=S)Nc2ccc3c(C)cc(=O)oc3c2)cc1. The maximum atomic E-state index is 11.5. The molecule has 0 saturated heterocycles. The van der Waals surface area contributed by atoms with Crippen molar-refractivity contribution in [2.24, 2.45) is 0 Å². The van der Waals surface area contributed by atoms with Gasteiger partial charge in [-0.25, -0.2) is 4.79 Å². The van der Waals surface area contributed by atoms with Gasteiger partial charge in [-0.05, 0) is 61.1 Å². The van der Waals surface area contributed by atoms with Crippen LogP contribution in [0, 0.1) is 6.92 Å². The Labute approximate surface area is 155 Å². The lowest BCUT2D eigenvalue weighted by Crippen LogP contribution is -2.19. The van der Waals surface area contributed by atoms with Gasteiger partial charge in [-0.2, -0.15) is 0 Å². The van der Waals surface area contributed by atoms with Crippen molar-refractivity contribution in [1.29, 1.82) is 0 Å². The van der Waals surface area contributed by atoms with Crippen LogP contribution in [0.25, 0.3) is 11.0 Å². The fourth-order valence-corrected chi connectivity index (χ4v) is 2.77. The highest BCUT2D eigenvalue weighted by atomic mass is 32.1. The van der Waals surface area contributed by atoms with Gasteiger partial charge in [-0.1, -0.05) is 0 Å². The molecule has 7 heteroatoms. The number of nitrogens with one attached hydrogen (secondary N) is 3. The molecule has 1 heterocycles. The first-order chi connectivity index (χ1) is 12.4. The Morgan fingerprint density at radius 3 is 2.15 bits per heavy atom. The van der Waals surface area contributed by atoms with E-state index in [1.807, 2.05) is 31.2 Å². The molecular weight excluding hydrogens is 350 g/mol. The Morgan fingerprint density at radius 1 is 0.923 bits per heavy atom. The highest BCUT2D eigenvalue weighted by Crippen LogP contribution is 2.21. The van der Waals surface area contributed by atoms with Gasteiger partial charge in [0.2, 0.25) is 5.91 Å². The monoisotopic (exact) mass is 367 g/mol. The van der Waals surface area contributed by atoms with E-state index in [2.05, 4.69) is 16.0 Å². The third-order valence-corrected chi connectivity index (χ3v) is 3.88. The molecule has 132 valence electrons. The molecule has 3 N–H and O–H groups in total. The lowest BCUT2D eigenvalue weighted by Gasteiger charge is -2.12. The van der Waals surface area contributed by atoms with Crippen LogP contribution >= 0.6 is 12.2 Å². The molecule has 0 radical (unpaired) electrons. The highest BCUT2D eigenvalue weighted by Gasteiger charge is 2.05. The fraction of sp³-hybridized carbons (Fsp3) is 0.105. The number of hydrogen-bond acceptors (Lipinski definition) is 4. The number of anilines is 3. The normalized spacial score (nSPS) is 10.4. The number of carbonyl (C=O) groups is 1. The first-order valence-corrected chi connectivity index (χ1v) is 8.32. The first kappa shape index (κ1) is 17.6. The van der Waals surface area contributed by atoms with Crippen molar-refractivity contribution in [2.45, 2.75) is 13.8 Å². The Bertz CT molecular complexity index is 1040. The van der Waals surface area contributed by atoms with E-state index in [1.165, 1.54) is 13.0 Å². The van der Waals surface area contributed by atoms with Gasteiger partial charge in [0.25, 0.3) is 0 Å². The molecule has 1 amide bonds. The third kappa shape index (κ3) is 4.25. The molecule has 0 atom stereocenters. The van der Waals surface area contributed by atoms with E-state index < -0.39 is 0 Å². The molecule has 0 saturated carbocycles. The molecule has 0 unspecified atom stereocenters. The average molecular weight is 367 g/mol. The third-order valence-electron chi connectivity index (χ3n) is 3.67. The van der Waals surface area contributed by atoms with Gasteiger partial charge in [0.1, 0.15) is 5.58 Å². The summed E-state index contributed by atoms with van der Waals surface area (Å²) in [6.07, 6.45) is 0. The van der Waals surface area contributed by atoms with E-state index in [0.717, 1.165) is 16.6 Å². The van der Waals surface area contributed by atoms with E-state index in [9.17, 15) is 9.59 Å². The summed E-state index contributed by atoms with van der Waals surface area (Å²) in [6.45, 7) is 3.32. The van der Waals surface area contributed by atoms with Crippen LogP contribution in [0.5, 0.6) is 0 Å². The smallest absolute Gasteiger partial charge is 0.336 e. The lowest BCUT2D eigenvalue weighted by atomic mass is 10.1. The predicted molar refractivity (Wildman–Crippen MR) is 108 cm³/mol. The van der Waals surface area contributed by atoms with Crippen molar-refractivity contribution >= 4 is 51.3 Å². The second-order valence-electron chi connectivity index (χ2n) is 5.80. The van der Waals surface area contributed by atoms with Gasteiger partial charge in [0, 0.05) is 41.5 Å². The van der Waals surface area contributed by atoms with Crippen molar-refractivity contribution in [2.75, 3.05) is 16.0 Å². The number of carbonyl (C=O) groups excluding carboxylic acids is 1. The van der Waals surface area contributed by atoms with Crippen molar-refractivity contribution in [3.8, 4) is 0 Å². The van der Waals surface area contributed by atoms with Crippen molar-refractivity contribution in [3.05, 3.63) is 64.5 Å². The van der Waals surface area contributed by atoms with E-state index in [0.29, 0.717) is 22.1 Å². The number of benzene rings is 2. The summed E-state index contributed by atoms with van der Waals surface area (Å²) in [5.41, 5.74) is 3.18. The molecule has 26 heavy (non-hydrogen) atoms. The largest absolute Gasteiger partial charge is 0.423 e. The molecule has 0 aliphatic carbocycles. The minimum Gasteiger partial charge on any atom is -0.423 e. The summed E-state index contributed by atoms with van der Waals surface area (Å²) in [5, 5.41) is 10.1. The minimum atomic E-state index is -0.382. The molecular formula is C19H17N3O3S. The molecule has 0 spiro atoms. The molecule has 0 bridgehead atoms. The van der Waals surface area contributed by atoms with Crippen LogP contribution in [-0.2, 0) is 4.79 Å². The summed E-state index contributed by atoms with van der Waals surface area (Å²) >= 11 is 5.31. The Balaban J connectivity index is 1.70. The molecule has 0 aliphatic heterocycles. The molecule has 3 rings (SSSR count). The molecule has 2 aromatic carbocycles. The second-order valence-corrected chi connectivity index (χ2v) is 6.21. The van der Waals surface area contributed by atoms with Crippen LogP contribution in [0.15, 0.2) is 57.7 Å². The average Bonchev–Trinajstić information content (AvgIpc) is 2.55. The van der Waals surface area contributed by atoms with E-state index >= 15 is 0 Å². The van der Waals surface area contributed by atoms with Gasteiger partial charge in [-0.3, -0.25) is 4.79 Å². The molecule has 3 aromatic rings. The van der Waals surface area contributed by atoms with Crippen LogP contribution in [0.1, 0.15) is 12.5 Å². The summed E-state index contributed by atoms with van der Waals surface area (Å²) in [7, 11) is 0. The number of thiocarbonyl (C=S) groups is 1. The van der Waals surface area contributed by atoms with Crippen molar-refractivity contribution in [3.63, 3.8) is 0 Å². The molecule has 0 fully saturated rings. The quantitative estimate of drug-likeness (QED) is 0.481.